The zero-order chi connectivity index (χ0) is 10.7. The number of nitrogens with zero attached hydrogens (tertiary/aromatic N) is 2. The quantitative estimate of drug-likeness (QED) is 0.775. The largest absolute Gasteiger partial charge is 0.378 e. The van der Waals surface area contributed by atoms with Crippen molar-refractivity contribution in [2.45, 2.75) is 37.7 Å². The second-order valence-corrected chi connectivity index (χ2v) is 4.06. The molecule has 0 atom stereocenters. The Morgan fingerprint density at radius 2 is 2.33 bits per heavy atom. The predicted molar refractivity (Wildman–Crippen MR) is 54.4 cm³/mol. The molecule has 5 nitrogen and oxygen atoms in total. The second kappa shape index (κ2) is 4.28. The Morgan fingerprint density at radius 1 is 1.53 bits per heavy atom. The molecule has 2 N–H and O–H groups in total. The van der Waals surface area contributed by atoms with Gasteiger partial charge in [0.2, 0.25) is 5.89 Å². The number of nitrogens with two attached hydrogens (primary N) is 1. The molecule has 15 heavy (non-hydrogen) atoms. The second-order valence-electron chi connectivity index (χ2n) is 4.06. The molecule has 0 spiro atoms. The summed E-state index contributed by atoms with van der Waals surface area (Å²) in [6.07, 6.45) is 4.78. The van der Waals surface area contributed by atoms with Gasteiger partial charge in [-0.2, -0.15) is 4.98 Å². The number of hydrogen-bond donors (Lipinski definition) is 1. The summed E-state index contributed by atoms with van der Waals surface area (Å²) >= 11 is 0. The smallest absolute Gasteiger partial charge is 0.229 e. The molecule has 2 rings (SSSR count). The lowest BCUT2D eigenvalue weighted by atomic mass is 9.77. The van der Waals surface area contributed by atoms with Crippen molar-refractivity contribution >= 4 is 0 Å². The Labute approximate surface area is 89.0 Å². The fraction of sp³-hybridized carbons (Fsp3) is 0.800. The molecule has 0 aromatic carbocycles. The lowest BCUT2D eigenvalue weighted by Crippen LogP contribution is -2.41. The van der Waals surface area contributed by atoms with Gasteiger partial charge < -0.3 is 15.0 Å². The Hall–Kier alpha value is -0.940. The molecule has 0 unspecified atom stereocenters. The maximum Gasteiger partial charge on any atom is 0.229 e. The summed E-state index contributed by atoms with van der Waals surface area (Å²) in [6, 6.07) is 0. The van der Waals surface area contributed by atoms with Crippen LogP contribution in [0.5, 0.6) is 0 Å². The van der Waals surface area contributed by atoms with E-state index in [1.807, 2.05) is 0 Å². The topological polar surface area (TPSA) is 74.2 Å². The van der Waals surface area contributed by atoms with E-state index in [0.29, 0.717) is 24.7 Å². The fourth-order valence-electron chi connectivity index (χ4n) is 1.89. The van der Waals surface area contributed by atoms with Crippen LogP contribution in [0.4, 0.5) is 0 Å². The first-order chi connectivity index (χ1) is 7.28. The van der Waals surface area contributed by atoms with Crippen molar-refractivity contribution in [3.05, 3.63) is 11.7 Å². The van der Waals surface area contributed by atoms with Gasteiger partial charge in [0.25, 0.3) is 0 Å². The summed E-state index contributed by atoms with van der Waals surface area (Å²) in [7, 11) is 1.75. The number of hydrogen-bond acceptors (Lipinski definition) is 5. The van der Waals surface area contributed by atoms with Crippen LogP contribution < -0.4 is 5.73 Å². The number of methoxy groups -OCH3 is 1. The maximum absolute atomic E-state index is 5.49. The SMILES string of the molecule is COC1(Cc2nc(CCN)no2)CCC1. The normalized spacial score (nSPS) is 18.8. The standard InChI is InChI=1S/C10H17N3O2/c1-14-10(4-2-5-10)7-9-12-8(3-6-11)13-15-9/h2-7,11H2,1H3. The van der Waals surface area contributed by atoms with E-state index in [0.717, 1.165) is 19.3 Å². The summed E-state index contributed by atoms with van der Waals surface area (Å²) in [5.41, 5.74) is 5.37. The van der Waals surface area contributed by atoms with Gasteiger partial charge in [0, 0.05) is 13.5 Å². The van der Waals surface area contributed by atoms with Crippen LogP contribution in [-0.2, 0) is 17.6 Å². The molecule has 84 valence electrons. The number of aromatic nitrogens is 2. The van der Waals surface area contributed by atoms with E-state index in [4.69, 9.17) is 15.0 Å². The van der Waals surface area contributed by atoms with Gasteiger partial charge in [-0.3, -0.25) is 0 Å². The summed E-state index contributed by atoms with van der Waals surface area (Å²) in [4.78, 5) is 4.28. The van der Waals surface area contributed by atoms with Crippen molar-refractivity contribution in [1.29, 1.82) is 0 Å². The highest BCUT2D eigenvalue weighted by molar-refractivity contribution is 4.98. The molecule has 0 amide bonds. The van der Waals surface area contributed by atoms with Crippen molar-refractivity contribution in [2.24, 2.45) is 5.73 Å². The van der Waals surface area contributed by atoms with Gasteiger partial charge in [-0.15, -0.1) is 0 Å². The highest BCUT2D eigenvalue weighted by Crippen LogP contribution is 2.37. The average molecular weight is 211 g/mol. The number of ether oxygens (including phenoxy) is 1. The summed E-state index contributed by atoms with van der Waals surface area (Å²) in [5, 5.41) is 3.86. The monoisotopic (exact) mass is 211 g/mol. The van der Waals surface area contributed by atoms with Crippen LogP contribution in [0.3, 0.4) is 0 Å². The van der Waals surface area contributed by atoms with Crippen LogP contribution in [0.1, 0.15) is 31.0 Å². The van der Waals surface area contributed by atoms with E-state index in [9.17, 15) is 0 Å². The van der Waals surface area contributed by atoms with Crippen molar-refractivity contribution in [3.8, 4) is 0 Å². The van der Waals surface area contributed by atoms with Gasteiger partial charge in [0.1, 0.15) is 0 Å². The van der Waals surface area contributed by atoms with Crippen LogP contribution in [0.2, 0.25) is 0 Å². The molecule has 1 aliphatic carbocycles. The van der Waals surface area contributed by atoms with Crippen molar-refractivity contribution in [1.82, 2.24) is 10.1 Å². The van der Waals surface area contributed by atoms with E-state index in [1.54, 1.807) is 7.11 Å². The molecule has 1 aromatic heterocycles. The van der Waals surface area contributed by atoms with Crippen LogP contribution in [0.15, 0.2) is 4.52 Å². The average Bonchev–Trinajstić information content (AvgIpc) is 2.60. The van der Waals surface area contributed by atoms with Crippen molar-refractivity contribution in [3.63, 3.8) is 0 Å². The van der Waals surface area contributed by atoms with Crippen molar-refractivity contribution < 1.29 is 9.26 Å². The predicted octanol–water partition coefficient (Wildman–Crippen LogP) is 0.682. The molecular formula is C10H17N3O2. The minimum atomic E-state index is -0.0491. The molecule has 0 saturated heterocycles. The number of rotatable bonds is 5. The van der Waals surface area contributed by atoms with E-state index in [1.165, 1.54) is 6.42 Å². The van der Waals surface area contributed by atoms with Crippen LogP contribution in [0, 0.1) is 0 Å². The third-order valence-corrected chi connectivity index (χ3v) is 3.05. The highest BCUT2D eigenvalue weighted by atomic mass is 16.5. The molecule has 0 radical (unpaired) electrons. The summed E-state index contributed by atoms with van der Waals surface area (Å²) < 4.78 is 10.6. The van der Waals surface area contributed by atoms with Gasteiger partial charge in [0.15, 0.2) is 5.82 Å². The fourth-order valence-corrected chi connectivity index (χ4v) is 1.89. The third kappa shape index (κ3) is 2.18. The molecule has 1 heterocycles. The van der Waals surface area contributed by atoms with Gasteiger partial charge in [-0.1, -0.05) is 5.16 Å². The summed E-state index contributed by atoms with van der Waals surface area (Å²) in [6.45, 7) is 0.550. The van der Waals surface area contributed by atoms with Crippen molar-refractivity contribution in [2.75, 3.05) is 13.7 Å². The Bertz CT molecular complexity index is 315. The molecule has 1 saturated carbocycles. The minimum Gasteiger partial charge on any atom is -0.378 e. The minimum absolute atomic E-state index is 0.0491. The molecule has 0 aliphatic heterocycles. The van der Waals surface area contributed by atoms with Gasteiger partial charge in [-0.25, -0.2) is 0 Å². The van der Waals surface area contributed by atoms with Gasteiger partial charge in [0.05, 0.1) is 12.0 Å². The van der Waals surface area contributed by atoms with Crippen LogP contribution in [0.25, 0.3) is 0 Å². The molecule has 5 heteroatoms. The zero-order valence-electron chi connectivity index (χ0n) is 9.03. The van der Waals surface area contributed by atoms with E-state index in [-0.39, 0.29) is 5.60 Å². The molecule has 0 bridgehead atoms. The zero-order valence-corrected chi connectivity index (χ0v) is 9.03. The van der Waals surface area contributed by atoms with Gasteiger partial charge in [-0.05, 0) is 25.8 Å². The van der Waals surface area contributed by atoms with E-state index < -0.39 is 0 Å². The van der Waals surface area contributed by atoms with E-state index >= 15 is 0 Å². The first kappa shape index (κ1) is 10.6. The van der Waals surface area contributed by atoms with Gasteiger partial charge >= 0.3 is 0 Å². The third-order valence-electron chi connectivity index (χ3n) is 3.05. The molecule has 1 fully saturated rings. The lowest BCUT2D eigenvalue weighted by Gasteiger charge is -2.39. The molecule has 1 aliphatic rings. The Morgan fingerprint density at radius 3 is 2.87 bits per heavy atom. The maximum atomic E-state index is 5.49. The Kier molecular flexibility index (Phi) is 3.02. The van der Waals surface area contributed by atoms with Crippen LogP contribution in [-0.4, -0.2) is 29.4 Å². The highest BCUT2D eigenvalue weighted by Gasteiger charge is 2.38. The Balaban J connectivity index is 1.97. The van der Waals surface area contributed by atoms with E-state index in [2.05, 4.69) is 10.1 Å². The summed E-state index contributed by atoms with van der Waals surface area (Å²) in [5.74, 6) is 1.36. The first-order valence-electron chi connectivity index (χ1n) is 5.35. The lowest BCUT2D eigenvalue weighted by molar-refractivity contribution is -0.0751. The molecule has 1 aromatic rings. The molecular weight excluding hydrogens is 194 g/mol. The van der Waals surface area contributed by atoms with Crippen LogP contribution >= 0.6 is 0 Å². The first-order valence-corrected chi connectivity index (χ1v) is 5.35.